The minimum Gasteiger partial charge on any atom is -0.372 e. The fourth-order valence-electron chi connectivity index (χ4n) is 14.3. The first-order valence-electron chi connectivity index (χ1n) is 31.5. The lowest BCUT2D eigenvalue weighted by Crippen LogP contribution is -2.47. The van der Waals surface area contributed by atoms with Gasteiger partial charge in [0.15, 0.2) is 0 Å². The lowest BCUT2D eigenvalue weighted by atomic mass is 9.62. The number of carbonyl (C=O) groups is 2. The second-order valence-electron chi connectivity index (χ2n) is 29.1. The maximum absolute atomic E-state index is 12.7. The van der Waals surface area contributed by atoms with Crippen molar-refractivity contribution in [2.24, 2.45) is 23.3 Å². The molecule has 3 saturated heterocycles. The summed E-state index contributed by atoms with van der Waals surface area (Å²) in [5, 5.41) is 15.9. The minimum atomic E-state index is -0.0802. The van der Waals surface area contributed by atoms with Gasteiger partial charge in [-0.25, -0.2) is 4.98 Å². The average molecular weight is 1110 g/mol. The molecule has 3 atom stereocenters. The summed E-state index contributed by atoms with van der Waals surface area (Å²) in [6.45, 7) is 34.4. The fourth-order valence-corrected chi connectivity index (χ4v) is 14.3. The van der Waals surface area contributed by atoms with Gasteiger partial charge in [0, 0.05) is 22.7 Å². The Morgan fingerprint density at radius 1 is 0.593 bits per heavy atom. The van der Waals surface area contributed by atoms with E-state index in [-0.39, 0.29) is 50.1 Å². The van der Waals surface area contributed by atoms with Gasteiger partial charge >= 0.3 is 0 Å². The second-order valence-corrected chi connectivity index (χ2v) is 29.1. The monoisotopic (exact) mass is 1110 g/mol. The standard InChI is InChI=1S/C25H36N4O.C24H38N2O2.C21H30N2.2H2/c1-24(2,3)11-14-29-15-12-25(13-16-29)10-9-21(19-7-5-6-8-20(19)25)27-23(30)22-17-28(4)18-26-22;1-5-28-18-22(27)25-21-10-11-24(20-9-7-6-8-19(20)21)13-16-26(17-14-24)15-12-23(2,3)4;1-20(2,3)10-13-23-14-11-21(12-15-23)9-8-17(16-22)18-6-4-5-7-19(18)21;;/h5-8,17-18,21H,9-16H2,1-4H3,(H,27,30);6-9,21H,5,10-18H2,1-4H3,(H,25,27);4-7,17H,8-15H2,1-3H3;2*1H/t2*21-;;;/m01.../s1. The van der Waals surface area contributed by atoms with Crippen LogP contribution in [0.5, 0.6) is 0 Å². The molecule has 4 aromatic rings. The molecule has 81 heavy (non-hydrogen) atoms. The highest BCUT2D eigenvalue weighted by atomic mass is 16.5. The van der Waals surface area contributed by atoms with Gasteiger partial charge in [-0.05, 0) is 228 Å². The van der Waals surface area contributed by atoms with E-state index in [2.05, 4.69) is 171 Å². The van der Waals surface area contributed by atoms with Crippen molar-refractivity contribution in [2.75, 3.05) is 72.1 Å². The number of benzene rings is 3. The highest BCUT2D eigenvalue weighted by Gasteiger charge is 2.45. The zero-order valence-corrected chi connectivity index (χ0v) is 52.1. The molecule has 2 N–H and O–H groups in total. The maximum Gasteiger partial charge on any atom is 0.271 e. The number of carbonyl (C=O) groups excluding carboxylic acids is 2. The Balaban J connectivity index is 0.000000199. The maximum atomic E-state index is 12.7. The Hall–Kier alpha value is -4.86. The SMILES string of the molecule is CC(C)(C)CCN1CCC2(CCC(C#N)c3ccccc32)CC1.CCOCC(=O)N[C@@H]1CCC2(CCN(CCC(C)(C)C)CC2)c2ccccc21.Cn1cnc(C(=O)N[C@H]2CCC3(CCN(CCC(C)(C)C)CC3)c3ccccc32)c1.[HH].[HH]. The van der Waals surface area contributed by atoms with E-state index < -0.39 is 0 Å². The summed E-state index contributed by atoms with van der Waals surface area (Å²) in [6, 6.07) is 29.0. The summed E-state index contributed by atoms with van der Waals surface area (Å²) in [4.78, 5) is 37.1. The summed E-state index contributed by atoms with van der Waals surface area (Å²) in [7, 11) is 1.89. The molecule has 0 radical (unpaired) electrons. The number of aryl methyl sites for hydroxylation is 1. The molecule has 11 heteroatoms. The second kappa shape index (κ2) is 26.8. The topological polar surface area (TPSA) is 119 Å². The van der Waals surface area contributed by atoms with Gasteiger partial charge in [-0.1, -0.05) is 135 Å². The van der Waals surface area contributed by atoms with Crippen LogP contribution in [0.3, 0.4) is 0 Å². The Labute approximate surface area is 492 Å². The van der Waals surface area contributed by atoms with Crippen molar-refractivity contribution in [3.05, 3.63) is 124 Å². The van der Waals surface area contributed by atoms with Crippen molar-refractivity contribution < 1.29 is 17.2 Å². The molecule has 3 aliphatic carbocycles. The Morgan fingerprint density at radius 2 is 0.975 bits per heavy atom. The molecular formula is C70H108N8O3. The number of rotatable bonds is 12. The van der Waals surface area contributed by atoms with E-state index in [1.165, 1.54) is 156 Å². The number of imidazole rings is 1. The van der Waals surface area contributed by atoms with E-state index in [0.29, 0.717) is 34.0 Å². The van der Waals surface area contributed by atoms with Gasteiger partial charge in [-0.3, -0.25) is 9.59 Å². The normalized spacial score (nSPS) is 22.4. The highest BCUT2D eigenvalue weighted by molar-refractivity contribution is 5.92. The van der Waals surface area contributed by atoms with Gasteiger partial charge in [0.2, 0.25) is 5.91 Å². The fraction of sp³-hybridized carbons (Fsp3) is 0.657. The van der Waals surface area contributed by atoms with E-state index in [1.54, 1.807) is 12.5 Å². The Bertz CT molecular complexity index is 2720. The summed E-state index contributed by atoms with van der Waals surface area (Å²) in [6.07, 6.45) is 21.2. The lowest BCUT2D eigenvalue weighted by molar-refractivity contribution is -0.126. The first kappa shape index (κ1) is 62.2. The van der Waals surface area contributed by atoms with Crippen molar-refractivity contribution >= 4 is 11.8 Å². The summed E-state index contributed by atoms with van der Waals surface area (Å²) in [5.74, 6) is 0.0219. The molecular weight excluding hydrogens is 1000 g/mol. The zero-order valence-electron chi connectivity index (χ0n) is 52.1. The van der Waals surface area contributed by atoms with Crippen molar-refractivity contribution in [1.82, 2.24) is 34.9 Å². The molecule has 4 heterocycles. The van der Waals surface area contributed by atoms with E-state index in [9.17, 15) is 14.9 Å². The predicted molar refractivity (Wildman–Crippen MR) is 335 cm³/mol. The molecule has 3 fully saturated rings. The van der Waals surface area contributed by atoms with Crippen molar-refractivity contribution in [2.45, 2.75) is 200 Å². The van der Waals surface area contributed by atoms with Gasteiger partial charge in [0.05, 0.1) is 30.4 Å². The zero-order chi connectivity index (χ0) is 58.1. The minimum absolute atomic E-state index is 0. The number of nitrogens with one attached hydrogen (secondary N) is 2. The van der Waals surface area contributed by atoms with Gasteiger partial charge in [-0.15, -0.1) is 0 Å². The molecule has 446 valence electrons. The highest BCUT2D eigenvalue weighted by Crippen LogP contribution is 2.51. The van der Waals surface area contributed by atoms with Crippen LogP contribution >= 0.6 is 0 Å². The third-order valence-corrected chi connectivity index (χ3v) is 19.6. The van der Waals surface area contributed by atoms with Gasteiger partial charge in [-0.2, -0.15) is 5.26 Å². The molecule has 1 aromatic heterocycles. The first-order chi connectivity index (χ1) is 38.5. The molecule has 0 bridgehead atoms. The largest absolute Gasteiger partial charge is 0.372 e. The van der Waals surface area contributed by atoms with Crippen LogP contribution in [0.2, 0.25) is 0 Å². The van der Waals surface area contributed by atoms with Crippen LogP contribution in [0.15, 0.2) is 85.3 Å². The van der Waals surface area contributed by atoms with Crippen LogP contribution < -0.4 is 10.6 Å². The number of nitriles is 1. The summed E-state index contributed by atoms with van der Waals surface area (Å²) >= 11 is 0. The molecule has 0 saturated carbocycles. The van der Waals surface area contributed by atoms with Gasteiger partial charge in [0.1, 0.15) is 12.3 Å². The van der Waals surface area contributed by atoms with Crippen LogP contribution in [-0.4, -0.2) is 108 Å². The predicted octanol–water partition coefficient (Wildman–Crippen LogP) is 14.2. The molecule has 3 aliphatic heterocycles. The number of ether oxygens (including phenoxy) is 1. The number of hydrogen-bond donors (Lipinski definition) is 2. The van der Waals surface area contributed by atoms with E-state index in [0.717, 1.165) is 32.1 Å². The summed E-state index contributed by atoms with van der Waals surface area (Å²) in [5.41, 5.74) is 10.9. The van der Waals surface area contributed by atoms with Crippen molar-refractivity contribution in [3.63, 3.8) is 0 Å². The number of amides is 2. The van der Waals surface area contributed by atoms with Crippen LogP contribution in [0.1, 0.15) is 230 Å². The number of likely N-dealkylation sites (tertiary alicyclic amines) is 3. The van der Waals surface area contributed by atoms with Crippen LogP contribution in [0.25, 0.3) is 0 Å². The molecule has 2 amide bonds. The van der Waals surface area contributed by atoms with Gasteiger partial charge < -0.3 is 34.6 Å². The molecule has 3 spiro atoms. The molecule has 1 unspecified atom stereocenters. The van der Waals surface area contributed by atoms with E-state index in [4.69, 9.17) is 4.74 Å². The van der Waals surface area contributed by atoms with Crippen molar-refractivity contribution in [3.8, 4) is 6.07 Å². The van der Waals surface area contributed by atoms with Crippen LogP contribution in [-0.2, 0) is 32.8 Å². The Kier molecular flexibility index (Phi) is 20.6. The molecule has 3 aromatic carbocycles. The average Bonchev–Trinajstić information content (AvgIpc) is 2.32. The van der Waals surface area contributed by atoms with Crippen molar-refractivity contribution in [1.29, 1.82) is 5.26 Å². The number of hydrogen-bond acceptors (Lipinski definition) is 8. The number of aromatic nitrogens is 2. The quantitative estimate of drug-likeness (QED) is 0.144. The number of nitrogens with zero attached hydrogens (tertiary/aromatic N) is 6. The molecule has 11 nitrogen and oxygen atoms in total. The lowest BCUT2D eigenvalue weighted by Gasteiger charge is -2.47. The van der Waals surface area contributed by atoms with E-state index in [1.807, 2.05) is 18.5 Å². The first-order valence-corrected chi connectivity index (χ1v) is 31.5. The van der Waals surface area contributed by atoms with E-state index >= 15 is 0 Å². The van der Waals surface area contributed by atoms with Gasteiger partial charge in [0.25, 0.3) is 5.91 Å². The number of fused-ring (bicyclic) bond motifs is 6. The van der Waals surface area contributed by atoms with Crippen LogP contribution in [0, 0.1) is 27.6 Å². The molecule has 6 aliphatic rings. The Morgan fingerprint density at radius 3 is 1.36 bits per heavy atom. The van der Waals surface area contributed by atoms with Crippen LogP contribution in [0.4, 0.5) is 0 Å². The molecule has 10 rings (SSSR count). The smallest absolute Gasteiger partial charge is 0.271 e. The third kappa shape index (κ3) is 16.3. The number of piperidine rings is 3. The summed E-state index contributed by atoms with van der Waals surface area (Å²) < 4.78 is 7.09. The third-order valence-electron chi connectivity index (χ3n) is 19.6.